The maximum Gasteiger partial charge on any atom is 0.315 e. The number of nitrogens with zero attached hydrogens (tertiary/aromatic N) is 5. The van der Waals surface area contributed by atoms with Gasteiger partial charge in [0.15, 0.2) is 0 Å². The molecular formula is C19H28N6O3. The Kier molecular flexibility index (Phi) is 7.19. The van der Waals surface area contributed by atoms with E-state index in [-0.39, 0.29) is 23.6 Å². The van der Waals surface area contributed by atoms with Crippen LogP contribution in [0.2, 0.25) is 0 Å². The molecule has 0 radical (unpaired) electrons. The van der Waals surface area contributed by atoms with Crippen molar-refractivity contribution in [2.45, 2.75) is 53.9 Å². The highest BCUT2D eigenvalue weighted by molar-refractivity contribution is 6.39. The number of carbonyl (C=O) groups is 3. The molecule has 152 valence electrons. The molecule has 9 nitrogen and oxygen atoms in total. The van der Waals surface area contributed by atoms with E-state index < -0.39 is 11.8 Å². The van der Waals surface area contributed by atoms with Crippen LogP contribution in [0.15, 0.2) is 16.1 Å². The largest absolute Gasteiger partial charge is 0.335 e. The van der Waals surface area contributed by atoms with Crippen molar-refractivity contribution in [3.63, 3.8) is 0 Å². The van der Waals surface area contributed by atoms with Gasteiger partial charge >= 0.3 is 11.8 Å². The van der Waals surface area contributed by atoms with E-state index in [1.807, 2.05) is 20.8 Å². The molecule has 1 aliphatic rings. The van der Waals surface area contributed by atoms with Gasteiger partial charge in [-0.15, -0.1) is 0 Å². The number of unbranched alkanes of at least 4 members (excludes halogenated alkanes) is 1. The first-order valence-electron chi connectivity index (χ1n) is 9.67. The molecule has 1 aromatic heterocycles. The smallest absolute Gasteiger partial charge is 0.315 e. The van der Waals surface area contributed by atoms with E-state index in [2.05, 4.69) is 20.4 Å². The summed E-state index contributed by atoms with van der Waals surface area (Å²) in [5.74, 6) is -1.65. The van der Waals surface area contributed by atoms with Crippen LogP contribution >= 0.6 is 0 Å². The van der Waals surface area contributed by atoms with Crippen LogP contribution in [0.1, 0.15) is 52.7 Å². The lowest BCUT2D eigenvalue weighted by Crippen LogP contribution is -2.40. The van der Waals surface area contributed by atoms with Crippen LogP contribution in [0.3, 0.4) is 0 Å². The average Bonchev–Trinajstić information content (AvgIpc) is 3.02. The second-order valence-electron chi connectivity index (χ2n) is 6.74. The third-order valence-electron chi connectivity index (χ3n) is 4.60. The summed E-state index contributed by atoms with van der Waals surface area (Å²) in [7, 11) is 0. The molecule has 0 aliphatic carbocycles. The van der Waals surface area contributed by atoms with Crippen LogP contribution in [0.5, 0.6) is 0 Å². The molecule has 2 heterocycles. The Bertz CT molecular complexity index is 824. The fourth-order valence-corrected chi connectivity index (χ4v) is 2.99. The zero-order chi connectivity index (χ0) is 20.8. The summed E-state index contributed by atoms with van der Waals surface area (Å²) in [6.07, 6.45) is 2.38. The Morgan fingerprint density at radius 2 is 1.93 bits per heavy atom. The number of aryl methyl sites for hydroxylation is 1. The van der Waals surface area contributed by atoms with Gasteiger partial charge in [0.05, 0.1) is 11.6 Å². The van der Waals surface area contributed by atoms with Gasteiger partial charge in [-0.1, -0.05) is 20.3 Å². The first-order valence-corrected chi connectivity index (χ1v) is 9.67. The molecule has 0 saturated heterocycles. The van der Waals surface area contributed by atoms with E-state index in [1.54, 1.807) is 19.9 Å². The first kappa shape index (κ1) is 21.5. The summed E-state index contributed by atoms with van der Waals surface area (Å²) in [5.41, 5.74) is 1.25. The molecule has 0 fully saturated rings. The molecule has 9 heteroatoms. The molecule has 3 amide bonds. The molecule has 1 atom stereocenters. The number of rotatable bonds is 6. The highest BCUT2D eigenvalue weighted by Gasteiger charge is 2.27. The maximum atomic E-state index is 12.5. The van der Waals surface area contributed by atoms with Crippen molar-refractivity contribution in [1.29, 1.82) is 0 Å². The maximum absolute atomic E-state index is 12.5. The van der Waals surface area contributed by atoms with E-state index in [0.717, 1.165) is 12.8 Å². The summed E-state index contributed by atoms with van der Waals surface area (Å²) < 4.78 is 1.29. The summed E-state index contributed by atoms with van der Waals surface area (Å²) in [6, 6.07) is 1.61. The van der Waals surface area contributed by atoms with Crippen molar-refractivity contribution in [2.75, 3.05) is 18.4 Å². The average molecular weight is 388 g/mol. The van der Waals surface area contributed by atoms with E-state index in [9.17, 15) is 14.4 Å². The number of amides is 3. The normalized spacial score (nSPS) is 16.5. The van der Waals surface area contributed by atoms with Gasteiger partial charge in [0.2, 0.25) is 0 Å². The fraction of sp³-hybridized carbons (Fsp3) is 0.579. The van der Waals surface area contributed by atoms with Crippen molar-refractivity contribution in [1.82, 2.24) is 14.7 Å². The molecule has 1 N–H and O–H groups in total. The minimum atomic E-state index is -0.756. The van der Waals surface area contributed by atoms with Gasteiger partial charge in [0, 0.05) is 24.9 Å². The lowest BCUT2D eigenvalue weighted by Gasteiger charge is -2.20. The number of hydrogen-bond donors (Lipinski definition) is 1. The summed E-state index contributed by atoms with van der Waals surface area (Å²) in [5, 5.41) is 6.85. The lowest BCUT2D eigenvalue weighted by atomic mass is 10.00. The summed E-state index contributed by atoms with van der Waals surface area (Å²) in [6.45, 7) is 10.2. The zero-order valence-electron chi connectivity index (χ0n) is 17.2. The minimum absolute atomic E-state index is 0.0846. The first-order chi connectivity index (χ1) is 13.3. The van der Waals surface area contributed by atoms with Crippen molar-refractivity contribution < 1.29 is 14.4 Å². The molecule has 0 saturated carbocycles. The molecule has 0 aromatic carbocycles. The molecule has 1 aliphatic heterocycles. The van der Waals surface area contributed by atoms with Gasteiger partial charge in [0.1, 0.15) is 5.82 Å². The standard InChI is InChI=1S/C19H28N6O3/c1-6-9-10-24(8-3)18(28)17(27)21-15-11-12(4)23-25(15)19-20-13(5)14(7-2)16(26)22-19/h11,14H,6-10H2,1-5H3,(H,21,27). The number of likely N-dealkylation sites (N-methyl/N-ethyl adjacent to an activating group) is 1. The second kappa shape index (κ2) is 9.38. The number of nitrogens with one attached hydrogen (secondary N) is 1. The van der Waals surface area contributed by atoms with Gasteiger partial charge in [-0.2, -0.15) is 14.8 Å². The lowest BCUT2D eigenvalue weighted by molar-refractivity contribution is -0.143. The third kappa shape index (κ3) is 4.71. The second-order valence-corrected chi connectivity index (χ2v) is 6.74. The number of hydrogen-bond acceptors (Lipinski definition) is 5. The van der Waals surface area contributed by atoms with Gasteiger partial charge in [0.25, 0.3) is 11.9 Å². The molecular weight excluding hydrogens is 360 g/mol. The molecule has 1 aromatic rings. The topological polar surface area (TPSA) is 109 Å². The zero-order valence-corrected chi connectivity index (χ0v) is 17.2. The van der Waals surface area contributed by atoms with Crippen LogP contribution in [0.25, 0.3) is 0 Å². The van der Waals surface area contributed by atoms with Gasteiger partial charge < -0.3 is 10.2 Å². The number of anilines is 1. The Hall–Kier alpha value is -2.84. The highest BCUT2D eigenvalue weighted by atomic mass is 16.2. The van der Waals surface area contributed by atoms with Gasteiger partial charge in [-0.05, 0) is 33.6 Å². The third-order valence-corrected chi connectivity index (χ3v) is 4.60. The fourth-order valence-electron chi connectivity index (χ4n) is 2.99. The van der Waals surface area contributed by atoms with Crippen molar-refractivity contribution in [2.24, 2.45) is 15.9 Å². The molecule has 1 unspecified atom stereocenters. The Labute approximate surface area is 164 Å². The quantitative estimate of drug-likeness (QED) is 0.752. The van der Waals surface area contributed by atoms with Crippen LogP contribution in [-0.4, -0.2) is 57.2 Å². The van der Waals surface area contributed by atoms with Crippen LogP contribution < -0.4 is 5.32 Å². The SMILES string of the molecule is CCCCN(CC)C(=O)C(=O)Nc1cc(C)nn1C1=NC(=O)C(CC)C(C)=N1. The van der Waals surface area contributed by atoms with Crippen molar-refractivity contribution in [3.8, 4) is 0 Å². The predicted octanol–water partition coefficient (Wildman–Crippen LogP) is 2.01. The monoisotopic (exact) mass is 388 g/mol. The van der Waals surface area contributed by atoms with Crippen LogP contribution in [0, 0.1) is 12.8 Å². The Morgan fingerprint density at radius 1 is 1.21 bits per heavy atom. The predicted molar refractivity (Wildman–Crippen MR) is 107 cm³/mol. The van der Waals surface area contributed by atoms with Gasteiger partial charge in [-0.25, -0.2) is 4.99 Å². The number of aromatic nitrogens is 2. The van der Waals surface area contributed by atoms with E-state index in [4.69, 9.17) is 0 Å². The van der Waals surface area contributed by atoms with Crippen LogP contribution in [0.4, 0.5) is 5.82 Å². The van der Waals surface area contributed by atoms with E-state index in [1.165, 1.54) is 9.58 Å². The molecule has 28 heavy (non-hydrogen) atoms. The van der Waals surface area contributed by atoms with E-state index >= 15 is 0 Å². The van der Waals surface area contributed by atoms with Crippen molar-refractivity contribution >= 4 is 35.2 Å². The van der Waals surface area contributed by atoms with Crippen LogP contribution in [-0.2, 0) is 14.4 Å². The molecule has 2 rings (SSSR count). The number of carbonyl (C=O) groups excluding carboxylic acids is 3. The Balaban J connectivity index is 2.24. The minimum Gasteiger partial charge on any atom is -0.335 e. The Morgan fingerprint density at radius 3 is 2.50 bits per heavy atom. The molecule has 0 spiro atoms. The van der Waals surface area contributed by atoms with Gasteiger partial charge in [-0.3, -0.25) is 14.4 Å². The molecule has 0 bridgehead atoms. The summed E-state index contributed by atoms with van der Waals surface area (Å²) in [4.78, 5) is 47.0. The van der Waals surface area contributed by atoms with Crippen molar-refractivity contribution in [3.05, 3.63) is 11.8 Å². The highest BCUT2D eigenvalue weighted by Crippen LogP contribution is 2.17. The number of aliphatic imine (C=N–C) groups is 2. The summed E-state index contributed by atoms with van der Waals surface area (Å²) >= 11 is 0. The van der Waals surface area contributed by atoms with E-state index in [0.29, 0.717) is 30.9 Å².